The largest absolute Gasteiger partial charge is 0.478 e. The van der Waals surface area contributed by atoms with E-state index in [1.807, 2.05) is 30.0 Å². The van der Waals surface area contributed by atoms with Crippen molar-refractivity contribution in [3.63, 3.8) is 0 Å². The van der Waals surface area contributed by atoms with E-state index in [1.165, 1.54) is 24.1 Å². The molecule has 3 rings (SSSR count). The molecule has 1 aliphatic rings. The van der Waals surface area contributed by atoms with Crippen LogP contribution in [0.2, 0.25) is 0 Å². The molecule has 7 heteroatoms. The SMILES string of the molecule is O=C(NC1CCSCC1)c1ccccc1SCc1occc1C(=O)O. The van der Waals surface area contributed by atoms with Gasteiger partial charge in [0, 0.05) is 10.9 Å². The van der Waals surface area contributed by atoms with Crippen molar-refractivity contribution in [2.24, 2.45) is 0 Å². The first-order valence-corrected chi connectivity index (χ1v) is 10.2. The molecule has 1 fully saturated rings. The van der Waals surface area contributed by atoms with Gasteiger partial charge in [-0.2, -0.15) is 11.8 Å². The summed E-state index contributed by atoms with van der Waals surface area (Å²) in [5, 5.41) is 12.3. The second kappa shape index (κ2) is 8.49. The van der Waals surface area contributed by atoms with Crippen LogP contribution in [-0.2, 0) is 5.75 Å². The third kappa shape index (κ3) is 4.61. The van der Waals surface area contributed by atoms with Crippen LogP contribution in [0.3, 0.4) is 0 Å². The predicted octanol–water partition coefficient (Wildman–Crippen LogP) is 3.90. The molecule has 1 saturated heterocycles. The first-order valence-electron chi connectivity index (χ1n) is 8.05. The van der Waals surface area contributed by atoms with Gasteiger partial charge in [-0.05, 0) is 42.5 Å². The van der Waals surface area contributed by atoms with Gasteiger partial charge >= 0.3 is 5.97 Å². The molecule has 0 spiro atoms. The van der Waals surface area contributed by atoms with Crippen LogP contribution in [0.15, 0.2) is 45.9 Å². The minimum atomic E-state index is -1.01. The zero-order valence-corrected chi connectivity index (χ0v) is 15.2. The van der Waals surface area contributed by atoms with E-state index in [-0.39, 0.29) is 17.5 Å². The Labute approximate surface area is 154 Å². The monoisotopic (exact) mass is 377 g/mol. The van der Waals surface area contributed by atoms with Crippen LogP contribution < -0.4 is 5.32 Å². The lowest BCUT2D eigenvalue weighted by Gasteiger charge is -2.23. The molecule has 25 heavy (non-hydrogen) atoms. The van der Waals surface area contributed by atoms with Crippen LogP contribution >= 0.6 is 23.5 Å². The molecule has 2 heterocycles. The normalized spacial score (nSPS) is 15.0. The van der Waals surface area contributed by atoms with Crippen molar-refractivity contribution < 1.29 is 19.1 Å². The lowest BCUT2D eigenvalue weighted by atomic mass is 10.1. The van der Waals surface area contributed by atoms with Crippen molar-refractivity contribution in [1.82, 2.24) is 5.32 Å². The van der Waals surface area contributed by atoms with Crippen molar-refractivity contribution >= 4 is 35.4 Å². The van der Waals surface area contributed by atoms with E-state index >= 15 is 0 Å². The molecule has 0 bridgehead atoms. The maximum Gasteiger partial charge on any atom is 0.339 e. The molecular formula is C18H19NO4S2. The highest BCUT2D eigenvalue weighted by Crippen LogP contribution is 2.28. The summed E-state index contributed by atoms with van der Waals surface area (Å²) >= 11 is 3.33. The maximum atomic E-state index is 12.6. The van der Waals surface area contributed by atoms with Gasteiger partial charge in [0.15, 0.2) is 0 Å². The van der Waals surface area contributed by atoms with Crippen LogP contribution in [0.1, 0.15) is 39.3 Å². The summed E-state index contributed by atoms with van der Waals surface area (Å²) in [6, 6.07) is 9.06. The molecule has 2 aromatic rings. The summed E-state index contributed by atoms with van der Waals surface area (Å²) in [5.74, 6) is 1.84. The number of nitrogens with one attached hydrogen (secondary N) is 1. The number of aromatic carboxylic acids is 1. The number of hydrogen-bond acceptors (Lipinski definition) is 5. The lowest BCUT2D eigenvalue weighted by Crippen LogP contribution is -2.37. The van der Waals surface area contributed by atoms with Crippen molar-refractivity contribution in [2.75, 3.05) is 11.5 Å². The highest BCUT2D eigenvalue weighted by Gasteiger charge is 2.20. The number of carboxylic acid groups (broad SMARTS) is 1. The third-order valence-corrected chi connectivity index (χ3v) is 6.15. The summed E-state index contributed by atoms with van der Waals surface area (Å²) in [4.78, 5) is 24.6. The Balaban J connectivity index is 1.68. The number of carbonyl (C=O) groups is 2. The standard InChI is InChI=1S/C18H19NO4S2/c20-17(19-12-6-9-24-10-7-12)14-3-1-2-4-16(14)25-11-15-13(18(21)22)5-8-23-15/h1-5,8,12H,6-7,9-11H2,(H,19,20)(H,21,22). The molecule has 1 amide bonds. The Morgan fingerprint density at radius 1 is 1.20 bits per heavy atom. The Morgan fingerprint density at radius 2 is 1.96 bits per heavy atom. The van der Waals surface area contributed by atoms with Gasteiger partial charge in [0.25, 0.3) is 5.91 Å². The van der Waals surface area contributed by atoms with Crippen molar-refractivity contribution in [1.29, 1.82) is 0 Å². The first kappa shape index (κ1) is 17.9. The van der Waals surface area contributed by atoms with Crippen molar-refractivity contribution in [3.05, 3.63) is 53.5 Å². The number of carboxylic acids is 1. The highest BCUT2D eigenvalue weighted by molar-refractivity contribution is 7.99. The van der Waals surface area contributed by atoms with Gasteiger partial charge < -0.3 is 14.8 Å². The number of rotatable bonds is 6. The summed E-state index contributed by atoms with van der Waals surface area (Å²) in [7, 11) is 0. The number of furan rings is 1. The number of benzene rings is 1. The van der Waals surface area contributed by atoms with E-state index in [0.717, 1.165) is 29.2 Å². The first-order chi connectivity index (χ1) is 12.1. The molecule has 0 atom stereocenters. The highest BCUT2D eigenvalue weighted by atomic mass is 32.2. The van der Waals surface area contributed by atoms with Gasteiger partial charge in [-0.3, -0.25) is 4.79 Å². The second-order valence-corrected chi connectivity index (χ2v) is 7.95. The van der Waals surface area contributed by atoms with Gasteiger partial charge in [0.1, 0.15) is 11.3 Å². The summed E-state index contributed by atoms with van der Waals surface area (Å²) in [5.41, 5.74) is 0.781. The fourth-order valence-electron chi connectivity index (χ4n) is 2.67. The molecule has 132 valence electrons. The summed E-state index contributed by atoms with van der Waals surface area (Å²) in [6.45, 7) is 0. The minimum absolute atomic E-state index is 0.0714. The van der Waals surface area contributed by atoms with Crippen LogP contribution in [0.4, 0.5) is 0 Å². The van der Waals surface area contributed by atoms with Crippen molar-refractivity contribution in [2.45, 2.75) is 29.5 Å². The van der Waals surface area contributed by atoms with Crippen LogP contribution in [0.25, 0.3) is 0 Å². The topological polar surface area (TPSA) is 79.5 Å². The van der Waals surface area contributed by atoms with Gasteiger partial charge in [-0.15, -0.1) is 11.8 Å². The van der Waals surface area contributed by atoms with E-state index in [9.17, 15) is 9.59 Å². The Hall–Kier alpha value is -1.86. The zero-order valence-electron chi connectivity index (χ0n) is 13.6. The molecule has 0 saturated carbocycles. The van der Waals surface area contributed by atoms with E-state index < -0.39 is 5.97 Å². The predicted molar refractivity (Wildman–Crippen MR) is 99.5 cm³/mol. The van der Waals surface area contributed by atoms with Gasteiger partial charge in [0.05, 0.1) is 17.6 Å². The van der Waals surface area contributed by atoms with E-state index in [2.05, 4.69) is 5.32 Å². The fourth-order valence-corrected chi connectivity index (χ4v) is 4.78. The summed E-state index contributed by atoms with van der Waals surface area (Å²) < 4.78 is 5.26. The van der Waals surface area contributed by atoms with Crippen molar-refractivity contribution in [3.8, 4) is 0 Å². The van der Waals surface area contributed by atoms with Crippen LogP contribution in [0, 0.1) is 0 Å². The van der Waals surface area contributed by atoms with Gasteiger partial charge in [-0.1, -0.05) is 12.1 Å². The molecule has 2 N–H and O–H groups in total. The fraction of sp³-hybridized carbons (Fsp3) is 0.333. The van der Waals surface area contributed by atoms with Gasteiger partial charge in [0.2, 0.25) is 0 Å². The lowest BCUT2D eigenvalue weighted by molar-refractivity contribution is 0.0694. The maximum absolute atomic E-state index is 12.6. The molecular weight excluding hydrogens is 358 g/mol. The third-order valence-electron chi connectivity index (χ3n) is 4.02. The van der Waals surface area contributed by atoms with E-state index in [0.29, 0.717) is 17.1 Å². The average Bonchev–Trinajstić information content (AvgIpc) is 3.10. The average molecular weight is 377 g/mol. The Morgan fingerprint density at radius 3 is 2.72 bits per heavy atom. The molecule has 1 aromatic carbocycles. The minimum Gasteiger partial charge on any atom is -0.478 e. The van der Waals surface area contributed by atoms with Crippen LogP contribution in [-0.4, -0.2) is 34.5 Å². The Bertz CT molecular complexity index is 753. The molecule has 0 aliphatic carbocycles. The van der Waals surface area contributed by atoms with E-state index in [4.69, 9.17) is 9.52 Å². The number of hydrogen-bond donors (Lipinski definition) is 2. The molecule has 1 aliphatic heterocycles. The van der Waals surface area contributed by atoms with E-state index in [1.54, 1.807) is 6.07 Å². The van der Waals surface area contributed by atoms with Crippen LogP contribution in [0.5, 0.6) is 0 Å². The molecule has 5 nitrogen and oxygen atoms in total. The summed E-state index contributed by atoms with van der Waals surface area (Å²) in [6.07, 6.45) is 3.37. The Kier molecular flexibility index (Phi) is 6.09. The molecule has 1 aromatic heterocycles. The zero-order chi connectivity index (χ0) is 17.6. The van der Waals surface area contributed by atoms with Gasteiger partial charge in [-0.25, -0.2) is 4.79 Å². The molecule has 0 radical (unpaired) electrons. The smallest absolute Gasteiger partial charge is 0.339 e. The quantitative estimate of drug-likeness (QED) is 0.744. The second-order valence-electron chi connectivity index (χ2n) is 5.71. The molecule has 0 unspecified atom stereocenters. The number of thioether (sulfide) groups is 2. The number of carbonyl (C=O) groups excluding carboxylic acids is 1. The number of amides is 1.